The number of hydrogen-bond acceptors (Lipinski definition) is 3. The van der Waals surface area contributed by atoms with Crippen molar-refractivity contribution in [2.45, 2.75) is 123 Å². The van der Waals surface area contributed by atoms with Crippen molar-refractivity contribution in [2.24, 2.45) is 46.3 Å². The summed E-state index contributed by atoms with van der Waals surface area (Å²) in [5, 5.41) is 10.3. The summed E-state index contributed by atoms with van der Waals surface area (Å²) >= 11 is 0. The number of likely N-dealkylation sites (tertiary alicyclic amines) is 1. The van der Waals surface area contributed by atoms with Crippen molar-refractivity contribution in [3.8, 4) is 0 Å². The van der Waals surface area contributed by atoms with Crippen LogP contribution in [0.25, 0.3) is 0 Å². The van der Waals surface area contributed by atoms with Crippen LogP contribution in [0.15, 0.2) is 11.6 Å². The summed E-state index contributed by atoms with van der Waals surface area (Å²) in [7, 11) is 0. The Kier molecular flexibility index (Phi) is 5.81. The fraction of sp³-hybridized carbons (Fsp3) is 0.903. The molecule has 35 heavy (non-hydrogen) atoms. The van der Waals surface area contributed by atoms with E-state index >= 15 is 0 Å². The third-order valence-corrected chi connectivity index (χ3v) is 12.5. The molecule has 4 aliphatic carbocycles. The number of carbonyl (C=O) groups excluding carboxylic acids is 1. The molecule has 5 fully saturated rings. The lowest BCUT2D eigenvalue weighted by Gasteiger charge is -2.59. The first-order valence-electron chi connectivity index (χ1n) is 15.0. The minimum atomic E-state index is -0.371. The van der Waals surface area contributed by atoms with Crippen LogP contribution in [0.3, 0.4) is 0 Å². The molecule has 2 aliphatic heterocycles. The number of nitrogens with zero attached hydrogens (tertiary/aromatic N) is 1. The molecule has 0 radical (unpaired) electrons. The van der Waals surface area contributed by atoms with Gasteiger partial charge in [0.25, 0.3) is 0 Å². The molecule has 0 aromatic rings. The SMILES string of the molecule is CCCC(=O)N1CC(C)CCC12OC1CC3C4CC=C5CC(O)CC[C@]5(C)C4CC[C@]3(C)C1[C@@H]2C. The predicted octanol–water partition coefficient (Wildman–Crippen LogP) is 6.33. The van der Waals surface area contributed by atoms with Crippen LogP contribution in [-0.4, -0.2) is 40.4 Å². The van der Waals surface area contributed by atoms with E-state index in [2.05, 4.69) is 45.6 Å². The number of piperidine rings is 1. The predicted molar refractivity (Wildman–Crippen MR) is 138 cm³/mol. The first-order valence-corrected chi connectivity index (χ1v) is 15.0. The summed E-state index contributed by atoms with van der Waals surface area (Å²) in [6.45, 7) is 12.9. The average Bonchev–Trinajstić information content (AvgIpc) is 3.27. The highest BCUT2D eigenvalue weighted by Gasteiger charge is 2.69. The maximum atomic E-state index is 13.3. The van der Waals surface area contributed by atoms with Gasteiger partial charge in [-0.05, 0) is 105 Å². The van der Waals surface area contributed by atoms with E-state index < -0.39 is 0 Å². The van der Waals surface area contributed by atoms with E-state index in [1.165, 1.54) is 32.1 Å². The molecule has 3 saturated carbocycles. The minimum Gasteiger partial charge on any atom is -0.393 e. The highest BCUT2D eigenvalue weighted by Crippen LogP contribution is 2.70. The van der Waals surface area contributed by atoms with Gasteiger partial charge in [-0.25, -0.2) is 0 Å². The molecular formula is C31H49NO3. The third kappa shape index (κ3) is 3.33. The van der Waals surface area contributed by atoms with Gasteiger partial charge in [-0.3, -0.25) is 4.79 Å². The van der Waals surface area contributed by atoms with Gasteiger partial charge in [0, 0.05) is 18.9 Å². The fourth-order valence-corrected chi connectivity index (χ4v) is 10.7. The number of amides is 1. The van der Waals surface area contributed by atoms with Crippen LogP contribution >= 0.6 is 0 Å². The molecule has 0 bridgehead atoms. The number of carbonyl (C=O) groups is 1. The monoisotopic (exact) mass is 483 g/mol. The Balaban J connectivity index is 1.29. The summed E-state index contributed by atoms with van der Waals surface area (Å²) in [5.74, 6) is 4.07. The smallest absolute Gasteiger partial charge is 0.224 e. The Morgan fingerprint density at radius 1 is 1.14 bits per heavy atom. The van der Waals surface area contributed by atoms with E-state index in [0.717, 1.165) is 56.4 Å². The van der Waals surface area contributed by atoms with Crippen molar-refractivity contribution >= 4 is 5.91 Å². The van der Waals surface area contributed by atoms with E-state index in [1.807, 2.05) is 0 Å². The van der Waals surface area contributed by atoms with Gasteiger partial charge in [0.1, 0.15) is 5.72 Å². The Hall–Kier alpha value is -0.870. The lowest BCUT2D eigenvalue weighted by atomic mass is 9.47. The second-order valence-corrected chi connectivity index (χ2v) is 14.1. The van der Waals surface area contributed by atoms with Crippen molar-refractivity contribution in [2.75, 3.05) is 6.54 Å². The molecule has 11 atom stereocenters. The van der Waals surface area contributed by atoms with Crippen LogP contribution in [0, 0.1) is 46.3 Å². The van der Waals surface area contributed by atoms with Crippen molar-refractivity contribution in [3.05, 3.63) is 11.6 Å². The van der Waals surface area contributed by atoms with E-state index in [1.54, 1.807) is 5.57 Å². The van der Waals surface area contributed by atoms with Crippen molar-refractivity contribution < 1.29 is 14.6 Å². The van der Waals surface area contributed by atoms with Gasteiger partial charge in [0.15, 0.2) is 0 Å². The zero-order valence-corrected chi connectivity index (χ0v) is 22.9. The van der Waals surface area contributed by atoms with Crippen LogP contribution in [0.1, 0.15) is 105 Å². The summed E-state index contributed by atoms with van der Waals surface area (Å²) in [6, 6.07) is 0. The third-order valence-electron chi connectivity index (χ3n) is 12.5. The quantitative estimate of drug-likeness (QED) is 0.467. The molecule has 0 aromatic heterocycles. The van der Waals surface area contributed by atoms with E-state index in [9.17, 15) is 9.90 Å². The largest absolute Gasteiger partial charge is 0.393 e. The first-order chi connectivity index (χ1) is 16.6. The normalized spacial score (nSPS) is 53.0. The van der Waals surface area contributed by atoms with Gasteiger partial charge in [-0.15, -0.1) is 0 Å². The van der Waals surface area contributed by atoms with Gasteiger partial charge in [0.2, 0.25) is 5.91 Å². The van der Waals surface area contributed by atoms with Crippen LogP contribution < -0.4 is 0 Å². The van der Waals surface area contributed by atoms with Crippen LogP contribution in [-0.2, 0) is 9.53 Å². The second-order valence-electron chi connectivity index (χ2n) is 14.1. The number of hydrogen-bond donors (Lipinski definition) is 1. The van der Waals surface area contributed by atoms with Gasteiger partial charge in [-0.2, -0.15) is 0 Å². The minimum absolute atomic E-state index is 0.132. The van der Waals surface area contributed by atoms with E-state index in [0.29, 0.717) is 41.6 Å². The number of aliphatic hydroxyl groups excluding tert-OH is 1. The lowest BCUT2D eigenvalue weighted by Crippen LogP contribution is -2.60. The molecule has 2 heterocycles. The summed E-state index contributed by atoms with van der Waals surface area (Å²) in [4.78, 5) is 15.5. The number of ether oxygens (including phenoxy) is 1. The van der Waals surface area contributed by atoms with E-state index in [4.69, 9.17) is 4.74 Å². The topological polar surface area (TPSA) is 49.8 Å². The molecule has 1 N–H and O–H groups in total. The molecule has 196 valence electrons. The molecule has 1 spiro atoms. The van der Waals surface area contributed by atoms with Crippen molar-refractivity contribution in [1.29, 1.82) is 0 Å². The number of allylic oxidation sites excluding steroid dienone is 1. The number of aliphatic hydroxyl groups is 1. The highest BCUT2D eigenvalue weighted by atomic mass is 16.5. The lowest BCUT2D eigenvalue weighted by molar-refractivity contribution is -0.201. The average molecular weight is 484 g/mol. The highest BCUT2D eigenvalue weighted by molar-refractivity contribution is 5.77. The Morgan fingerprint density at radius 3 is 2.71 bits per heavy atom. The number of rotatable bonds is 2. The Bertz CT molecular complexity index is 900. The Labute approximate surface area is 213 Å². The van der Waals surface area contributed by atoms with Gasteiger partial charge in [0.05, 0.1) is 12.2 Å². The van der Waals surface area contributed by atoms with Crippen LogP contribution in [0.4, 0.5) is 0 Å². The zero-order chi connectivity index (χ0) is 24.8. The summed E-state index contributed by atoms with van der Waals surface area (Å²) in [5.41, 5.74) is 1.79. The summed E-state index contributed by atoms with van der Waals surface area (Å²) in [6.07, 6.45) is 14.5. The Morgan fingerprint density at radius 2 is 1.94 bits per heavy atom. The van der Waals surface area contributed by atoms with Crippen molar-refractivity contribution in [3.63, 3.8) is 0 Å². The van der Waals surface area contributed by atoms with Gasteiger partial charge in [-0.1, -0.05) is 46.3 Å². The molecule has 6 aliphatic rings. The maximum Gasteiger partial charge on any atom is 0.224 e. The first kappa shape index (κ1) is 24.5. The zero-order valence-electron chi connectivity index (χ0n) is 22.9. The fourth-order valence-electron chi connectivity index (χ4n) is 10.7. The number of fused-ring (bicyclic) bond motifs is 7. The maximum absolute atomic E-state index is 13.3. The van der Waals surface area contributed by atoms with Crippen molar-refractivity contribution in [1.82, 2.24) is 4.90 Å². The van der Waals surface area contributed by atoms with Gasteiger partial charge >= 0.3 is 0 Å². The van der Waals surface area contributed by atoms with Crippen LogP contribution in [0.5, 0.6) is 0 Å². The molecule has 4 heteroatoms. The summed E-state index contributed by atoms with van der Waals surface area (Å²) < 4.78 is 7.19. The molecule has 8 unspecified atom stereocenters. The molecule has 6 rings (SSSR count). The van der Waals surface area contributed by atoms with Crippen LogP contribution in [0.2, 0.25) is 0 Å². The standard InChI is InChI=1S/C31H49NO3/c1-6-7-27(34)32-18-19(2)10-15-31(32)20(3)28-26(35-31)17-25-23-9-8-21-16-22(33)11-13-29(21,4)24(23)12-14-30(25,28)5/h8,19-20,22-26,28,33H,6-7,9-18H2,1-5H3/t19?,20-,22?,23?,24?,25?,26?,28?,29-,30-,31?/m0/s1. The second kappa shape index (κ2) is 8.32. The molecule has 4 nitrogen and oxygen atoms in total. The van der Waals surface area contributed by atoms with E-state index in [-0.39, 0.29) is 17.2 Å². The van der Waals surface area contributed by atoms with Gasteiger partial charge < -0.3 is 14.7 Å². The molecule has 0 aromatic carbocycles. The molecule has 2 saturated heterocycles. The molecule has 1 amide bonds. The molecular weight excluding hydrogens is 434 g/mol.